The Morgan fingerprint density at radius 2 is 2.28 bits per heavy atom. The lowest BCUT2D eigenvalue weighted by Crippen LogP contribution is -2.44. The van der Waals surface area contributed by atoms with Gasteiger partial charge in [-0.1, -0.05) is 18.2 Å². The van der Waals surface area contributed by atoms with Gasteiger partial charge in [-0.25, -0.2) is 0 Å². The number of nitrogens with zero attached hydrogens (tertiary/aromatic N) is 1. The topological polar surface area (TPSA) is 24.5 Å². The maximum atomic E-state index is 5.49. The predicted molar refractivity (Wildman–Crippen MR) is 74.1 cm³/mol. The molecule has 18 heavy (non-hydrogen) atoms. The molecule has 1 saturated heterocycles. The van der Waals surface area contributed by atoms with E-state index in [2.05, 4.69) is 41.4 Å². The summed E-state index contributed by atoms with van der Waals surface area (Å²) in [5.74, 6) is 0.677. The lowest BCUT2D eigenvalue weighted by molar-refractivity contribution is -0.00127. The minimum atomic E-state index is 0.573. The average Bonchev–Trinajstić information content (AvgIpc) is 2.81. The van der Waals surface area contributed by atoms with Crippen molar-refractivity contribution in [3.05, 3.63) is 29.8 Å². The fraction of sp³-hybridized carbons (Fsp3) is 0.600. The number of nitrogens with one attached hydrogen (secondary N) is 1. The van der Waals surface area contributed by atoms with Crippen molar-refractivity contribution < 1.29 is 4.74 Å². The van der Waals surface area contributed by atoms with Gasteiger partial charge in [-0.3, -0.25) is 4.90 Å². The summed E-state index contributed by atoms with van der Waals surface area (Å²) >= 11 is 0. The van der Waals surface area contributed by atoms with Crippen LogP contribution in [0.5, 0.6) is 0 Å². The molecule has 2 unspecified atom stereocenters. The summed E-state index contributed by atoms with van der Waals surface area (Å²) in [5.41, 5.74) is 2.83. The van der Waals surface area contributed by atoms with Gasteiger partial charge in [0.25, 0.3) is 0 Å². The number of morpholine rings is 1. The Labute approximate surface area is 109 Å². The third kappa shape index (κ3) is 2.38. The normalized spacial score (nSPS) is 27.8. The predicted octanol–water partition coefficient (Wildman–Crippen LogP) is 2.31. The maximum absolute atomic E-state index is 5.49. The minimum Gasteiger partial charge on any atom is -0.384 e. The van der Waals surface area contributed by atoms with Gasteiger partial charge in [0.1, 0.15) is 0 Å². The summed E-state index contributed by atoms with van der Waals surface area (Å²) in [4.78, 5) is 2.56. The minimum absolute atomic E-state index is 0.573. The highest BCUT2D eigenvalue weighted by Crippen LogP contribution is 2.33. The summed E-state index contributed by atoms with van der Waals surface area (Å²) in [7, 11) is 0. The van der Waals surface area contributed by atoms with Crippen LogP contribution in [0.2, 0.25) is 0 Å². The first-order valence-electron chi connectivity index (χ1n) is 6.99. The molecule has 1 N–H and O–H groups in total. The molecule has 0 radical (unpaired) electrons. The van der Waals surface area contributed by atoms with E-state index in [4.69, 9.17) is 4.74 Å². The zero-order valence-electron chi connectivity index (χ0n) is 11.1. The third-order valence-electron chi connectivity index (χ3n) is 4.21. The number of hydrogen-bond acceptors (Lipinski definition) is 3. The first kappa shape index (κ1) is 12.0. The largest absolute Gasteiger partial charge is 0.384 e. The van der Waals surface area contributed by atoms with Gasteiger partial charge >= 0.3 is 0 Å². The molecule has 3 rings (SSSR count). The Bertz CT molecular complexity index is 407. The maximum Gasteiger partial charge on any atom is 0.0619 e. The van der Waals surface area contributed by atoms with Crippen molar-refractivity contribution >= 4 is 5.69 Å². The molecule has 0 spiro atoms. The van der Waals surface area contributed by atoms with Crippen molar-refractivity contribution in [3.63, 3.8) is 0 Å². The van der Waals surface area contributed by atoms with Crippen LogP contribution in [0.25, 0.3) is 0 Å². The van der Waals surface area contributed by atoms with Crippen LogP contribution in [-0.2, 0) is 4.74 Å². The van der Waals surface area contributed by atoms with Crippen molar-refractivity contribution in [3.8, 4) is 0 Å². The zero-order valence-corrected chi connectivity index (χ0v) is 11.1. The smallest absolute Gasteiger partial charge is 0.0619 e. The molecule has 2 atom stereocenters. The number of anilines is 1. The van der Waals surface area contributed by atoms with Gasteiger partial charge in [0.05, 0.1) is 13.2 Å². The first-order valence-corrected chi connectivity index (χ1v) is 6.99. The Morgan fingerprint density at radius 1 is 1.39 bits per heavy atom. The molecule has 0 aliphatic carbocycles. The Kier molecular flexibility index (Phi) is 3.52. The molecular formula is C15H22N2O. The Hall–Kier alpha value is -1.06. The van der Waals surface area contributed by atoms with Crippen LogP contribution in [0.3, 0.4) is 0 Å². The second kappa shape index (κ2) is 5.29. The summed E-state index contributed by atoms with van der Waals surface area (Å²) in [6.07, 6.45) is 1.24. The number of rotatable bonds is 3. The highest BCUT2D eigenvalue weighted by atomic mass is 16.5. The van der Waals surface area contributed by atoms with E-state index in [0.717, 1.165) is 26.3 Å². The molecule has 0 amide bonds. The van der Waals surface area contributed by atoms with Crippen molar-refractivity contribution in [2.24, 2.45) is 0 Å². The molecule has 2 heterocycles. The lowest BCUT2D eigenvalue weighted by Gasteiger charge is -2.33. The van der Waals surface area contributed by atoms with Gasteiger partial charge < -0.3 is 10.1 Å². The van der Waals surface area contributed by atoms with E-state index in [-0.39, 0.29) is 0 Å². The molecular weight excluding hydrogens is 224 g/mol. The molecule has 0 bridgehead atoms. The second-order valence-corrected chi connectivity index (χ2v) is 5.41. The van der Waals surface area contributed by atoms with E-state index in [1.807, 2.05) is 0 Å². The van der Waals surface area contributed by atoms with Gasteiger partial charge in [0.2, 0.25) is 0 Å². The molecule has 2 aliphatic rings. The van der Waals surface area contributed by atoms with E-state index in [1.54, 1.807) is 0 Å². The summed E-state index contributed by atoms with van der Waals surface area (Å²) < 4.78 is 5.49. The van der Waals surface area contributed by atoms with Crippen molar-refractivity contribution in [2.75, 3.05) is 38.2 Å². The SMILES string of the molecule is CC1COCCN1CCC1CNc2ccccc21. The van der Waals surface area contributed by atoms with E-state index < -0.39 is 0 Å². The first-order chi connectivity index (χ1) is 8.84. The molecule has 3 heteroatoms. The number of fused-ring (bicyclic) bond motifs is 1. The van der Waals surface area contributed by atoms with Crippen molar-refractivity contribution in [2.45, 2.75) is 25.3 Å². The fourth-order valence-electron chi connectivity index (χ4n) is 3.03. The van der Waals surface area contributed by atoms with Crippen LogP contribution in [0.15, 0.2) is 24.3 Å². The molecule has 0 saturated carbocycles. The van der Waals surface area contributed by atoms with E-state index in [9.17, 15) is 0 Å². The van der Waals surface area contributed by atoms with Crippen LogP contribution < -0.4 is 5.32 Å². The van der Waals surface area contributed by atoms with Gasteiger partial charge in [-0.05, 0) is 31.5 Å². The standard InChI is InChI=1S/C15H22N2O/c1-12-11-18-9-8-17(12)7-6-13-10-16-15-5-3-2-4-14(13)15/h2-5,12-13,16H,6-11H2,1H3. The van der Waals surface area contributed by atoms with Crippen LogP contribution in [0.4, 0.5) is 5.69 Å². The fourth-order valence-corrected chi connectivity index (χ4v) is 3.03. The summed E-state index contributed by atoms with van der Waals surface area (Å²) in [6.45, 7) is 7.41. The van der Waals surface area contributed by atoms with E-state index in [1.165, 1.54) is 24.2 Å². The molecule has 1 fully saturated rings. The Morgan fingerprint density at radius 3 is 3.17 bits per heavy atom. The molecule has 2 aliphatic heterocycles. The van der Waals surface area contributed by atoms with Gasteiger partial charge in [0, 0.05) is 30.7 Å². The zero-order chi connectivity index (χ0) is 12.4. The summed E-state index contributed by atoms with van der Waals surface area (Å²) in [5, 5.41) is 3.51. The van der Waals surface area contributed by atoms with Crippen LogP contribution in [-0.4, -0.2) is 43.8 Å². The number of benzene rings is 1. The molecule has 1 aromatic carbocycles. The Balaban J connectivity index is 1.58. The van der Waals surface area contributed by atoms with Crippen LogP contribution in [0, 0.1) is 0 Å². The number of hydrogen-bond donors (Lipinski definition) is 1. The number of ether oxygens (including phenoxy) is 1. The lowest BCUT2D eigenvalue weighted by atomic mass is 9.97. The third-order valence-corrected chi connectivity index (χ3v) is 4.21. The van der Waals surface area contributed by atoms with E-state index >= 15 is 0 Å². The molecule has 1 aromatic rings. The van der Waals surface area contributed by atoms with Crippen molar-refractivity contribution in [1.82, 2.24) is 4.90 Å². The average molecular weight is 246 g/mol. The highest BCUT2D eigenvalue weighted by Gasteiger charge is 2.24. The van der Waals surface area contributed by atoms with Gasteiger partial charge in [-0.15, -0.1) is 0 Å². The summed E-state index contributed by atoms with van der Waals surface area (Å²) in [6, 6.07) is 9.28. The molecule has 0 aromatic heterocycles. The second-order valence-electron chi connectivity index (χ2n) is 5.41. The highest BCUT2D eigenvalue weighted by molar-refractivity contribution is 5.57. The van der Waals surface area contributed by atoms with E-state index in [0.29, 0.717) is 12.0 Å². The molecule has 98 valence electrons. The number of para-hydroxylation sites is 1. The van der Waals surface area contributed by atoms with Gasteiger partial charge in [-0.2, -0.15) is 0 Å². The van der Waals surface area contributed by atoms with Crippen LogP contribution in [0.1, 0.15) is 24.8 Å². The van der Waals surface area contributed by atoms with Crippen molar-refractivity contribution in [1.29, 1.82) is 0 Å². The quantitative estimate of drug-likeness (QED) is 0.885. The van der Waals surface area contributed by atoms with Gasteiger partial charge in [0.15, 0.2) is 0 Å². The molecule has 3 nitrogen and oxygen atoms in total. The monoisotopic (exact) mass is 246 g/mol. The van der Waals surface area contributed by atoms with Crippen LogP contribution >= 0.6 is 0 Å².